The second-order valence-corrected chi connectivity index (χ2v) is 6.38. The number of hydrogen-bond acceptors (Lipinski definition) is 5. The lowest BCUT2D eigenvalue weighted by atomic mass is 10.1. The summed E-state index contributed by atoms with van der Waals surface area (Å²) in [5, 5.41) is 9.20. The van der Waals surface area contributed by atoms with Gasteiger partial charge in [0.1, 0.15) is 0 Å². The van der Waals surface area contributed by atoms with Crippen LogP contribution in [0.4, 0.5) is 11.4 Å². The average Bonchev–Trinajstić information content (AvgIpc) is 3.21. The van der Waals surface area contributed by atoms with Gasteiger partial charge in [-0.25, -0.2) is 4.79 Å². The number of H-pyrrole nitrogens is 1. The van der Waals surface area contributed by atoms with Crippen LogP contribution in [0.25, 0.3) is 11.4 Å². The van der Waals surface area contributed by atoms with Crippen LogP contribution in [0.5, 0.6) is 0 Å². The van der Waals surface area contributed by atoms with E-state index in [4.69, 9.17) is 0 Å². The highest BCUT2D eigenvalue weighted by atomic mass is 16.5. The van der Waals surface area contributed by atoms with Crippen molar-refractivity contribution in [2.24, 2.45) is 0 Å². The van der Waals surface area contributed by atoms with Crippen molar-refractivity contribution in [1.29, 1.82) is 0 Å². The zero-order valence-corrected chi connectivity index (χ0v) is 15.6. The van der Waals surface area contributed by atoms with Crippen LogP contribution in [0.2, 0.25) is 0 Å². The highest BCUT2D eigenvalue weighted by Crippen LogP contribution is 2.19. The number of carbonyl (C=O) groups is 2. The Labute approximate surface area is 170 Å². The summed E-state index contributed by atoms with van der Waals surface area (Å²) in [5.74, 6) is -0.925. The smallest absolute Gasteiger partial charge is 0.322 e. The lowest BCUT2D eigenvalue weighted by molar-refractivity contribution is 0.102. The second kappa shape index (κ2) is 8.27. The van der Waals surface area contributed by atoms with Crippen molar-refractivity contribution in [2.45, 2.75) is 0 Å². The Bertz CT molecular complexity index is 1240. The van der Waals surface area contributed by atoms with E-state index >= 15 is 0 Å². The number of benzene rings is 3. The van der Waals surface area contributed by atoms with E-state index in [2.05, 4.69) is 25.3 Å². The van der Waals surface area contributed by atoms with Crippen molar-refractivity contribution in [1.82, 2.24) is 10.1 Å². The first kappa shape index (κ1) is 18.9. The molecule has 0 aliphatic carbocycles. The van der Waals surface area contributed by atoms with Crippen LogP contribution in [-0.2, 0) is 0 Å². The Hall–Kier alpha value is -4.46. The van der Waals surface area contributed by atoms with Crippen molar-refractivity contribution >= 4 is 23.2 Å². The van der Waals surface area contributed by atoms with Crippen molar-refractivity contribution in [3.63, 3.8) is 0 Å². The van der Waals surface area contributed by atoms with Gasteiger partial charge in [-0.1, -0.05) is 35.5 Å². The maximum absolute atomic E-state index is 12.5. The molecule has 0 saturated heterocycles. The number of nitrogens with one attached hydrogen (secondary N) is 3. The molecule has 0 atom stereocenters. The number of nitrogens with zero attached hydrogens (tertiary/aromatic N) is 1. The standard InChI is InChI=1S/C22H16N4O4/c27-20(14-5-2-1-3-6-14)23-17-11-9-15(10-12-17)21(28)24-18-8-4-7-16(13-18)19-25-22(29)30-26-19/h1-13H,(H,23,27)(H,24,28)(H,25,26,29). The summed E-state index contributed by atoms with van der Waals surface area (Å²) in [7, 11) is 0. The summed E-state index contributed by atoms with van der Waals surface area (Å²) in [6.45, 7) is 0. The Morgan fingerprint density at radius 2 is 1.43 bits per heavy atom. The minimum absolute atomic E-state index is 0.226. The average molecular weight is 400 g/mol. The molecule has 2 amide bonds. The first-order valence-electron chi connectivity index (χ1n) is 9.03. The Kier molecular flexibility index (Phi) is 5.21. The summed E-state index contributed by atoms with van der Waals surface area (Å²) in [5.41, 5.74) is 2.68. The lowest BCUT2D eigenvalue weighted by Gasteiger charge is -2.08. The highest BCUT2D eigenvalue weighted by Gasteiger charge is 2.10. The third-order valence-electron chi connectivity index (χ3n) is 4.28. The van der Waals surface area contributed by atoms with Crippen molar-refractivity contribution < 1.29 is 14.1 Å². The molecule has 0 fully saturated rings. The topological polar surface area (TPSA) is 117 Å². The molecule has 1 heterocycles. The van der Waals surface area contributed by atoms with E-state index < -0.39 is 5.76 Å². The maximum Gasteiger partial charge on any atom is 0.439 e. The molecule has 4 rings (SSSR count). The van der Waals surface area contributed by atoms with Crippen LogP contribution in [-0.4, -0.2) is 22.0 Å². The monoisotopic (exact) mass is 400 g/mol. The van der Waals surface area contributed by atoms with Gasteiger partial charge in [-0.15, -0.1) is 0 Å². The Morgan fingerprint density at radius 1 is 0.767 bits per heavy atom. The van der Waals surface area contributed by atoms with Gasteiger partial charge in [-0.3, -0.25) is 19.1 Å². The first-order chi connectivity index (χ1) is 14.6. The van der Waals surface area contributed by atoms with Gasteiger partial charge in [0.25, 0.3) is 11.8 Å². The molecule has 3 N–H and O–H groups in total. The molecule has 1 aromatic heterocycles. The van der Waals surface area contributed by atoms with Gasteiger partial charge < -0.3 is 10.6 Å². The van der Waals surface area contributed by atoms with Gasteiger partial charge in [-0.2, -0.15) is 0 Å². The first-order valence-corrected chi connectivity index (χ1v) is 9.03. The van der Waals surface area contributed by atoms with Gasteiger partial charge in [-0.05, 0) is 48.5 Å². The van der Waals surface area contributed by atoms with Crippen LogP contribution < -0.4 is 16.4 Å². The normalized spacial score (nSPS) is 10.4. The third-order valence-corrected chi connectivity index (χ3v) is 4.28. The molecule has 3 aromatic carbocycles. The molecule has 148 valence electrons. The number of hydrogen-bond donors (Lipinski definition) is 3. The highest BCUT2D eigenvalue weighted by molar-refractivity contribution is 6.06. The fourth-order valence-corrected chi connectivity index (χ4v) is 2.80. The Balaban J connectivity index is 1.43. The number of aromatic amines is 1. The quantitative estimate of drug-likeness (QED) is 0.474. The van der Waals surface area contributed by atoms with Crippen LogP contribution >= 0.6 is 0 Å². The number of rotatable bonds is 5. The Morgan fingerprint density at radius 3 is 2.10 bits per heavy atom. The molecule has 0 radical (unpaired) electrons. The van der Waals surface area contributed by atoms with Crippen LogP contribution in [0.3, 0.4) is 0 Å². The summed E-state index contributed by atoms with van der Waals surface area (Å²) in [6.07, 6.45) is 0. The fourth-order valence-electron chi connectivity index (χ4n) is 2.80. The lowest BCUT2D eigenvalue weighted by Crippen LogP contribution is -2.13. The van der Waals surface area contributed by atoms with Crippen molar-refractivity contribution in [3.05, 3.63) is 101 Å². The molecule has 30 heavy (non-hydrogen) atoms. The van der Waals surface area contributed by atoms with E-state index in [9.17, 15) is 14.4 Å². The summed E-state index contributed by atoms with van der Waals surface area (Å²) in [6, 6.07) is 22.3. The van der Waals surface area contributed by atoms with Crippen molar-refractivity contribution in [2.75, 3.05) is 10.6 Å². The molecule has 8 nitrogen and oxygen atoms in total. The predicted molar refractivity (Wildman–Crippen MR) is 111 cm³/mol. The largest absolute Gasteiger partial charge is 0.439 e. The van der Waals surface area contributed by atoms with E-state index in [0.29, 0.717) is 28.1 Å². The van der Waals surface area contributed by atoms with E-state index in [1.54, 1.807) is 72.8 Å². The SMILES string of the molecule is O=C(Nc1ccc(C(=O)Nc2cccc(-c3noc(=O)[nH]3)c2)cc1)c1ccccc1. The predicted octanol–water partition coefficient (Wildman–Crippen LogP) is 3.53. The van der Waals surface area contributed by atoms with Gasteiger partial charge in [0.15, 0.2) is 5.82 Å². The number of anilines is 2. The molecular formula is C22H16N4O4. The van der Waals surface area contributed by atoms with E-state index in [1.165, 1.54) is 0 Å². The molecular weight excluding hydrogens is 384 g/mol. The minimum Gasteiger partial charge on any atom is -0.322 e. The molecule has 0 unspecified atom stereocenters. The zero-order valence-electron chi connectivity index (χ0n) is 15.6. The van der Waals surface area contributed by atoms with Crippen LogP contribution in [0, 0.1) is 0 Å². The third kappa shape index (κ3) is 4.33. The summed E-state index contributed by atoms with van der Waals surface area (Å²) >= 11 is 0. The molecule has 0 bridgehead atoms. The second-order valence-electron chi connectivity index (χ2n) is 6.38. The van der Waals surface area contributed by atoms with E-state index in [1.807, 2.05) is 6.07 Å². The number of carbonyl (C=O) groups excluding carboxylic acids is 2. The summed E-state index contributed by atoms with van der Waals surface area (Å²) in [4.78, 5) is 38.3. The van der Waals surface area contributed by atoms with Gasteiger partial charge in [0.2, 0.25) is 0 Å². The molecule has 0 aliphatic heterocycles. The van der Waals surface area contributed by atoms with Gasteiger partial charge in [0, 0.05) is 28.1 Å². The maximum atomic E-state index is 12.5. The zero-order chi connectivity index (χ0) is 20.9. The molecule has 0 spiro atoms. The number of aromatic nitrogens is 2. The van der Waals surface area contributed by atoms with Crippen LogP contribution in [0.15, 0.2) is 88.2 Å². The van der Waals surface area contributed by atoms with E-state index in [-0.39, 0.29) is 17.6 Å². The molecule has 0 aliphatic rings. The summed E-state index contributed by atoms with van der Waals surface area (Å²) < 4.78 is 4.50. The van der Waals surface area contributed by atoms with E-state index in [0.717, 1.165) is 0 Å². The molecule has 4 aromatic rings. The van der Waals surface area contributed by atoms with Gasteiger partial charge >= 0.3 is 5.76 Å². The minimum atomic E-state index is -0.654. The van der Waals surface area contributed by atoms with Crippen molar-refractivity contribution in [3.8, 4) is 11.4 Å². The molecule has 0 saturated carbocycles. The van der Waals surface area contributed by atoms with Gasteiger partial charge in [0.05, 0.1) is 0 Å². The number of amides is 2. The van der Waals surface area contributed by atoms with Crippen LogP contribution in [0.1, 0.15) is 20.7 Å². The molecule has 8 heteroatoms. The fraction of sp³-hybridized carbons (Fsp3) is 0.